The molecule has 0 heterocycles. The van der Waals surface area contributed by atoms with Gasteiger partial charge in [-0.15, -0.1) is 0 Å². The molecule has 0 atom stereocenters. The summed E-state index contributed by atoms with van der Waals surface area (Å²) in [7, 11) is 3.87. The molecular weight excluding hydrogens is 231 g/mol. The smallest absolute Gasteiger partial charge is 0.475 e. The van der Waals surface area contributed by atoms with E-state index in [1.54, 1.807) is 0 Å². The molecule has 8 heteroatoms. The maximum Gasteiger partial charge on any atom is 0.490 e. The minimum absolute atomic E-state index is 0.211. The fraction of sp³-hybridized carbons (Fsp3) is 0.750. The van der Waals surface area contributed by atoms with E-state index >= 15 is 0 Å². The number of rotatable bonds is 3. The van der Waals surface area contributed by atoms with E-state index in [-0.39, 0.29) is 5.97 Å². The normalized spacial score (nSPS) is 10.4. The second-order valence-corrected chi connectivity index (χ2v) is 2.95. The standard InChI is InChI=1S/C6H13NO2.C2HF3O2/c1-6(8)9-5-4-7(2)3;3-2(4,5)1(6)7/h4-5H2,1-3H3;(H,6,7). The Labute approximate surface area is 90.8 Å². The summed E-state index contributed by atoms with van der Waals surface area (Å²) in [6.07, 6.45) is -5.08. The molecular formula is C8H14F3NO4. The molecule has 0 saturated heterocycles. The number of carboxylic acids is 1. The summed E-state index contributed by atoms with van der Waals surface area (Å²) in [5, 5.41) is 7.12. The van der Waals surface area contributed by atoms with Crippen molar-refractivity contribution in [3.8, 4) is 0 Å². The molecule has 0 aliphatic heterocycles. The van der Waals surface area contributed by atoms with Gasteiger partial charge in [0.15, 0.2) is 0 Å². The first-order chi connectivity index (χ1) is 7.07. The van der Waals surface area contributed by atoms with Crippen molar-refractivity contribution in [3.05, 3.63) is 0 Å². The Bertz CT molecular complexity index is 228. The lowest BCUT2D eigenvalue weighted by molar-refractivity contribution is -0.192. The van der Waals surface area contributed by atoms with Crippen LogP contribution in [0.25, 0.3) is 0 Å². The van der Waals surface area contributed by atoms with E-state index < -0.39 is 12.1 Å². The third kappa shape index (κ3) is 15.2. The van der Waals surface area contributed by atoms with Crippen molar-refractivity contribution in [2.45, 2.75) is 13.1 Å². The zero-order chi connectivity index (χ0) is 13.4. The number of carbonyl (C=O) groups is 2. The fourth-order valence-corrected chi connectivity index (χ4v) is 0.372. The number of nitrogens with zero attached hydrogens (tertiary/aromatic N) is 1. The lowest BCUT2D eigenvalue weighted by atomic mass is 10.6. The molecule has 0 aromatic carbocycles. The maximum atomic E-state index is 10.6. The number of carboxylic acid groups (broad SMARTS) is 1. The zero-order valence-electron chi connectivity index (χ0n) is 9.17. The third-order valence-corrected chi connectivity index (χ3v) is 1.09. The van der Waals surface area contributed by atoms with Gasteiger partial charge in [-0.3, -0.25) is 4.79 Å². The molecule has 0 radical (unpaired) electrons. The molecule has 0 aromatic rings. The van der Waals surface area contributed by atoms with Crippen LogP contribution in [0, 0.1) is 0 Å². The van der Waals surface area contributed by atoms with Crippen LogP contribution < -0.4 is 0 Å². The van der Waals surface area contributed by atoms with Crippen molar-refractivity contribution in [3.63, 3.8) is 0 Å². The third-order valence-electron chi connectivity index (χ3n) is 1.09. The van der Waals surface area contributed by atoms with Gasteiger partial charge in [0.1, 0.15) is 6.61 Å². The number of halogens is 3. The number of likely N-dealkylation sites (N-methyl/N-ethyl adjacent to an activating group) is 1. The molecule has 0 unspecified atom stereocenters. The number of hydrogen-bond donors (Lipinski definition) is 1. The number of ether oxygens (including phenoxy) is 1. The number of esters is 1. The number of alkyl halides is 3. The predicted molar refractivity (Wildman–Crippen MR) is 48.9 cm³/mol. The van der Waals surface area contributed by atoms with Crippen LogP contribution in [-0.4, -0.2) is 55.4 Å². The molecule has 0 rings (SSSR count). The van der Waals surface area contributed by atoms with Gasteiger partial charge in [0, 0.05) is 13.5 Å². The fourth-order valence-electron chi connectivity index (χ4n) is 0.372. The average Bonchev–Trinajstić information content (AvgIpc) is 2.01. The van der Waals surface area contributed by atoms with Crippen LogP contribution in [-0.2, 0) is 14.3 Å². The van der Waals surface area contributed by atoms with E-state index in [1.165, 1.54) is 6.92 Å². The molecule has 1 N–H and O–H groups in total. The van der Waals surface area contributed by atoms with Gasteiger partial charge in [-0.25, -0.2) is 4.79 Å². The summed E-state index contributed by atoms with van der Waals surface area (Å²) in [4.78, 5) is 21.0. The Balaban J connectivity index is 0. The van der Waals surface area contributed by atoms with E-state index in [1.807, 2.05) is 19.0 Å². The summed E-state index contributed by atoms with van der Waals surface area (Å²) >= 11 is 0. The molecule has 0 saturated carbocycles. The van der Waals surface area contributed by atoms with Crippen molar-refractivity contribution in [2.24, 2.45) is 0 Å². The average molecular weight is 245 g/mol. The molecule has 0 aromatic heterocycles. The van der Waals surface area contributed by atoms with E-state index in [0.717, 1.165) is 6.54 Å². The quantitative estimate of drug-likeness (QED) is 0.743. The summed E-state index contributed by atoms with van der Waals surface area (Å²) < 4.78 is 36.4. The number of carbonyl (C=O) groups excluding carboxylic acids is 1. The largest absolute Gasteiger partial charge is 0.490 e. The Kier molecular flexibility index (Phi) is 8.46. The van der Waals surface area contributed by atoms with Gasteiger partial charge in [0.05, 0.1) is 0 Å². The van der Waals surface area contributed by atoms with Gasteiger partial charge in [-0.05, 0) is 14.1 Å². The van der Waals surface area contributed by atoms with Crippen LogP contribution in [0.2, 0.25) is 0 Å². The maximum absolute atomic E-state index is 10.6. The number of aliphatic carboxylic acids is 1. The van der Waals surface area contributed by atoms with Crippen LogP contribution in [0.5, 0.6) is 0 Å². The van der Waals surface area contributed by atoms with Crippen LogP contribution in [0.4, 0.5) is 13.2 Å². The molecule has 0 fully saturated rings. The van der Waals surface area contributed by atoms with Crippen LogP contribution in [0.1, 0.15) is 6.92 Å². The Morgan fingerprint density at radius 2 is 1.69 bits per heavy atom. The molecule has 0 spiro atoms. The lowest BCUT2D eigenvalue weighted by Gasteiger charge is -2.07. The van der Waals surface area contributed by atoms with Crippen molar-refractivity contribution >= 4 is 11.9 Å². The van der Waals surface area contributed by atoms with Gasteiger partial charge in [-0.1, -0.05) is 0 Å². The Morgan fingerprint density at radius 1 is 1.31 bits per heavy atom. The molecule has 0 aliphatic rings. The summed E-state index contributed by atoms with van der Waals surface area (Å²) in [6.45, 7) is 2.69. The molecule has 0 amide bonds. The first-order valence-corrected chi connectivity index (χ1v) is 4.15. The predicted octanol–water partition coefficient (Wildman–Crippen LogP) is 0.744. The molecule has 0 bridgehead atoms. The van der Waals surface area contributed by atoms with Crippen molar-refractivity contribution < 1.29 is 32.6 Å². The van der Waals surface area contributed by atoms with Gasteiger partial charge >= 0.3 is 18.1 Å². The molecule has 0 aliphatic carbocycles. The van der Waals surface area contributed by atoms with Crippen LogP contribution in [0.15, 0.2) is 0 Å². The van der Waals surface area contributed by atoms with Gasteiger partial charge in [0.2, 0.25) is 0 Å². The molecule has 5 nitrogen and oxygen atoms in total. The highest BCUT2D eigenvalue weighted by Crippen LogP contribution is 2.13. The highest BCUT2D eigenvalue weighted by molar-refractivity contribution is 5.73. The van der Waals surface area contributed by atoms with Crippen LogP contribution >= 0.6 is 0 Å². The second kappa shape index (κ2) is 7.91. The van der Waals surface area contributed by atoms with E-state index in [4.69, 9.17) is 9.90 Å². The molecule has 16 heavy (non-hydrogen) atoms. The monoisotopic (exact) mass is 245 g/mol. The van der Waals surface area contributed by atoms with Gasteiger partial charge in [-0.2, -0.15) is 13.2 Å². The highest BCUT2D eigenvalue weighted by atomic mass is 19.4. The Morgan fingerprint density at radius 3 is 1.88 bits per heavy atom. The van der Waals surface area contributed by atoms with Crippen molar-refractivity contribution in [1.82, 2.24) is 4.90 Å². The van der Waals surface area contributed by atoms with E-state index in [9.17, 15) is 18.0 Å². The van der Waals surface area contributed by atoms with E-state index in [0.29, 0.717) is 6.61 Å². The van der Waals surface area contributed by atoms with Crippen molar-refractivity contribution in [1.29, 1.82) is 0 Å². The van der Waals surface area contributed by atoms with Crippen molar-refractivity contribution in [2.75, 3.05) is 27.2 Å². The lowest BCUT2D eigenvalue weighted by Crippen LogP contribution is -2.21. The first-order valence-electron chi connectivity index (χ1n) is 4.15. The molecule has 96 valence electrons. The SMILES string of the molecule is CC(=O)OCCN(C)C.O=C(O)C(F)(F)F. The minimum atomic E-state index is -5.08. The summed E-state index contributed by atoms with van der Waals surface area (Å²) in [6, 6.07) is 0. The summed E-state index contributed by atoms with van der Waals surface area (Å²) in [5.41, 5.74) is 0. The van der Waals surface area contributed by atoms with Gasteiger partial charge < -0.3 is 14.7 Å². The minimum Gasteiger partial charge on any atom is -0.475 e. The topological polar surface area (TPSA) is 66.8 Å². The zero-order valence-corrected chi connectivity index (χ0v) is 9.17. The van der Waals surface area contributed by atoms with E-state index in [2.05, 4.69) is 4.74 Å². The summed E-state index contributed by atoms with van der Waals surface area (Å²) in [5.74, 6) is -2.97. The first kappa shape index (κ1) is 17.1. The Hall–Kier alpha value is -1.31. The van der Waals surface area contributed by atoms with Crippen LogP contribution in [0.3, 0.4) is 0 Å². The number of hydrogen-bond acceptors (Lipinski definition) is 4. The second-order valence-electron chi connectivity index (χ2n) is 2.95. The highest BCUT2D eigenvalue weighted by Gasteiger charge is 2.38. The van der Waals surface area contributed by atoms with Gasteiger partial charge in [0.25, 0.3) is 0 Å².